The van der Waals surface area contributed by atoms with Crippen LogP contribution in [0, 0.1) is 11.6 Å². The van der Waals surface area contributed by atoms with Gasteiger partial charge in [0.15, 0.2) is 0 Å². The Bertz CT molecular complexity index is 319. The van der Waals surface area contributed by atoms with Crippen molar-refractivity contribution in [2.45, 2.75) is 6.10 Å². The van der Waals surface area contributed by atoms with Crippen LogP contribution in [0.1, 0.15) is 11.7 Å². The summed E-state index contributed by atoms with van der Waals surface area (Å²) < 4.78 is 25.6. The molecule has 0 radical (unpaired) electrons. The summed E-state index contributed by atoms with van der Waals surface area (Å²) in [6.07, 6.45) is -1.10. The molecular formula is C8H8BrF2NO. The fraction of sp³-hybridized carbons (Fsp3) is 0.250. The van der Waals surface area contributed by atoms with Crippen LogP contribution in [0.5, 0.6) is 0 Å². The van der Waals surface area contributed by atoms with Crippen molar-refractivity contribution in [3.63, 3.8) is 0 Å². The highest BCUT2D eigenvalue weighted by molar-refractivity contribution is 9.10. The van der Waals surface area contributed by atoms with E-state index in [0.29, 0.717) is 0 Å². The fourth-order valence-electron chi connectivity index (χ4n) is 0.925. The van der Waals surface area contributed by atoms with Crippen LogP contribution >= 0.6 is 15.9 Å². The van der Waals surface area contributed by atoms with Crippen LogP contribution in [0.2, 0.25) is 0 Å². The maximum absolute atomic E-state index is 13.2. The molecular weight excluding hydrogens is 244 g/mol. The molecule has 0 unspecified atom stereocenters. The van der Waals surface area contributed by atoms with Gasteiger partial charge in [0.25, 0.3) is 0 Å². The lowest BCUT2D eigenvalue weighted by Crippen LogP contribution is -2.13. The van der Waals surface area contributed by atoms with Crippen molar-refractivity contribution in [3.8, 4) is 0 Å². The number of hydrogen-bond acceptors (Lipinski definition) is 2. The van der Waals surface area contributed by atoms with Crippen LogP contribution in [-0.4, -0.2) is 11.7 Å². The third kappa shape index (κ3) is 2.04. The van der Waals surface area contributed by atoms with Crippen molar-refractivity contribution in [2.24, 2.45) is 5.73 Å². The Hall–Kier alpha value is -0.520. The number of nitrogens with two attached hydrogens (primary N) is 1. The Balaban J connectivity index is 3.18. The second-order valence-corrected chi connectivity index (χ2v) is 3.31. The molecule has 0 spiro atoms. The first-order chi connectivity index (χ1) is 6.07. The zero-order valence-corrected chi connectivity index (χ0v) is 8.18. The zero-order valence-electron chi connectivity index (χ0n) is 6.60. The van der Waals surface area contributed by atoms with E-state index in [9.17, 15) is 13.9 Å². The van der Waals surface area contributed by atoms with E-state index >= 15 is 0 Å². The van der Waals surface area contributed by atoms with Gasteiger partial charge in [0.1, 0.15) is 11.6 Å². The molecule has 0 heterocycles. The van der Waals surface area contributed by atoms with Crippen molar-refractivity contribution >= 4 is 15.9 Å². The first-order valence-corrected chi connectivity index (χ1v) is 4.38. The molecule has 1 aromatic rings. The predicted molar refractivity (Wildman–Crippen MR) is 48.1 cm³/mol. The van der Waals surface area contributed by atoms with E-state index < -0.39 is 17.7 Å². The first-order valence-electron chi connectivity index (χ1n) is 3.59. The molecule has 0 saturated heterocycles. The molecule has 0 aromatic heterocycles. The van der Waals surface area contributed by atoms with Gasteiger partial charge in [0, 0.05) is 12.1 Å². The summed E-state index contributed by atoms with van der Waals surface area (Å²) in [4.78, 5) is 0. The molecule has 1 aromatic carbocycles. The summed E-state index contributed by atoms with van der Waals surface area (Å²) in [7, 11) is 0. The number of rotatable bonds is 2. The van der Waals surface area contributed by atoms with Gasteiger partial charge in [-0.15, -0.1) is 0 Å². The Morgan fingerprint density at radius 2 is 2.08 bits per heavy atom. The lowest BCUT2D eigenvalue weighted by molar-refractivity contribution is 0.181. The van der Waals surface area contributed by atoms with Gasteiger partial charge in [-0.1, -0.05) is 6.07 Å². The average molecular weight is 252 g/mol. The van der Waals surface area contributed by atoms with Crippen LogP contribution in [0.4, 0.5) is 8.78 Å². The van der Waals surface area contributed by atoms with Crippen LogP contribution in [-0.2, 0) is 0 Å². The summed E-state index contributed by atoms with van der Waals surface area (Å²) in [5, 5.41) is 9.22. The standard InChI is InChI=1S/C8H8BrF2NO/c9-7-5(10)2-1-4(8(7)11)6(13)3-12/h1-2,6,13H,3,12H2/t6-/m0/s1. The van der Waals surface area contributed by atoms with Gasteiger partial charge in [0.05, 0.1) is 10.6 Å². The number of benzene rings is 1. The maximum atomic E-state index is 13.2. The van der Waals surface area contributed by atoms with Gasteiger partial charge in [-0.05, 0) is 22.0 Å². The maximum Gasteiger partial charge on any atom is 0.146 e. The van der Waals surface area contributed by atoms with Gasteiger partial charge in [-0.3, -0.25) is 0 Å². The SMILES string of the molecule is NC[C@H](O)c1ccc(F)c(Br)c1F. The molecule has 0 aliphatic rings. The van der Waals surface area contributed by atoms with Crippen LogP contribution in [0.25, 0.3) is 0 Å². The Kier molecular flexibility index (Phi) is 3.35. The van der Waals surface area contributed by atoms with Gasteiger partial charge < -0.3 is 10.8 Å². The quantitative estimate of drug-likeness (QED) is 0.787. The van der Waals surface area contributed by atoms with Crippen molar-refractivity contribution in [3.05, 3.63) is 33.8 Å². The van der Waals surface area contributed by atoms with Crippen molar-refractivity contribution in [2.75, 3.05) is 6.54 Å². The lowest BCUT2D eigenvalue weighted by Gasteiger charge is -2.10. The largest absolute Gasteiger partial charge is 0.387 e. The summed E-state index contributed by atoms with van der Waals surface area (Å²) in [5.74, 6) is -1.51. The highest BCUT2D eigenvalue weighted by Crippen LogP contribution is 2.25. The van der Waals surface area contributed by atoms with E-state index in [4.69, 9.17) is 5.73 Å². The lowest BCUT2D eigenvalue weighted by atomic mass is 10.1. The molecule has 0 aliphatic heterocycles. The number of aliphatic hydroxyl groups excluding tert-OH is 1. The smallest absolute Gasteiger partial charge is 0.146 e. The van der Waals surface area contributed by atoms with E-state index in [1.54, 1.807) is 0 Å². The Morgan fingerprint density at radius 3 is 2.62 bits per heavy atom. The van der Waals surface area contributed by atoms with Crippen LogP contribution in [0.15, 0.2) is 16.6 Å². The minimum atomic E-state index is -1.10. The van der Waals surface area contributed by atoms with Gasteiger partial charge >= 0.3 is 0 Å². The molecule has 0 amide bonds. The molecule has 1 rings (SSSR count). The van der Waals surface area contributed by atoms with E-state index in [2.05, 4.69) is 15.9 Å². The highest BCUT2D eigenvalue weighted by Gasteiger charge is 2.16. The van der Waals surface area contributed by atoms with E-state index in [0.717, 1.165) is 6.07 Å². The molecule has 0 bridgehead atoms. The summed E-state index contributed by atoms with van der Waals surface area (Å²) in [6, 6.07) is 2.24. The number of aliphatic hydroxyl groups is 1. The molecule has 13 heavy (non-hydrogen) atoms. The summed E-state index contributed by atoms with van der Waals surface area (Å²) >= 11 is 2.73. The van der Waals surface area contributed by atoms with Crippen LogP contribution < -0.4 is 5.73 Å². The highest BCUT2D eigenvalue weighted by atomic mass is 79.9. The monoisotopic (exact) mass is 251 g/mol. The van der Waals surface area contributed by atoms with Gasteiger partial charge in [0.2, 0.25) is 0 Å². The molecule has 0 aliphatic carbocycles. The number of hydrogen-bond donors (Lipinski definition) is 2. The van der Waals surface area contributed by atoms with E-state index in [-0.39, 0.29) is 16.6 Å². The second-order valence-electron chi connectivity index (χ2n) is 2.52. The van der Waals surface area contributed by atoms with E-state index in [1.165, 1.54) is 6.07 Å². The third-order valence-electron chi connectivity index (χ3n) is 1.65. The first kappa shape index (κ1) is 10.6. The molecule has 72 valence electrons. The van der Waals surface area contributed by atoms with Crippen LogP contribution in [0.3, 0.4) is 0 Å². The van der Waals surface area contributed by atoms with E-state index in [1.807, 2.05) is 0 Å². The minimum Gasteiger partial charge on any atom is -0.387 e. The molecule has 0 saturated carbocycles. The number of halogens is 3. The van der Waals surface area contributed by atoms with Crippen molar-refractivity contribution in [1.29, 1.82) is 0 Å². The van der Waals surface area contributed by atoms with Gasteiger partial charge in [-0.25, -0.2) is 8.78 Å². The van der Waals surface area contributed by atoms with Crippen molar-refractivity contribution in [1.82, 2.24) is 0 Å². The molecule has 5 heteroatoms. The Labute approximate surface area is 82.5 Å². The molecule has 0 fully saturated rings. The fourth-order valence-corrected chi connectivity index (χ4v) is 1.29. The van der Waals surface area contributed by atoms with Gasteiger partial charge in [-0.2, -0.15) is 0 Å². The third-order valence-corrected chi connectivity index (χ3v) is 2.37. The molecule has 2 nitrogen and oxygen atoms in total. The summed E-state index contributed by atoms with van der Waals surface area (Å²) in [6.45, 7) is -0.102. The second kappa shape index (κ2) is 4.13. The molecule has 1 atom stereocenters. The topological polar surface area (TPSA) is 46.2 Å². The summed E-state index contributed by atoms with van der Waals surface area (Å²) in [5.41, 5.74) is 5.13. The zero-order chi connectivity index (χ0) is 10.0. The predicted octanol–water partition coefficient (Wildman–Crippen LogP) is 1.72. The molecule has 3 N–H and O–H groups in total. The van der Waals surface area contributed by atoms with Crippen molar-refractivity contribution < 1.29 is 13.9 Å². The minimum absolute atomic E-state index is 0.00391. The average Bonchev–Trinajstić information content (AvgIpc) is 2.13. The Morgan fingerprint density at radius 1 is 1.46 bits per heavy atom. The normalized spacial score (nSPS) is 13.0.